The van der Waals surface area contributed by atoms with Gasteiger partial charge in [-0.25, -0.2) is 0 Å². The molecule has 1 fully saturated rings. The van der Waals surface area contributed by atoms with E-state index in [0.29, 0.717) is 19.2 Å². The molecule has 2 unspecified atom stereocenters. The minimum absolute atomic E-state index is 0.328. The van der Waals surface area contributed by atoms with Crippen LogP contribution in [0.3, 0.4) is 0 Å². The number of rotatable bonds is 6. The van der Waals surface area contributed by atoms with Crippen molar-refractivity contribution in [2.24, 2.45) is 0 Å². The molecule has 1 aliphatic heterocycles. The lowest BCUT2D eigenvalue weighted by Gasteiger charge is -2.26. The highest BCUT2D eigenvalue weighted by Gasteiger charge is 2.22. The third kappa shape index (κ3) is 3.54. The van der Waals surface area contributed by atoms with Gasteiger partial charge in [-0.05, 0) is 37.4 Å². The molecule has 0 radical (unpaired) electrons. The second-order valence-corrected chi connectivity index (χ2v) is 6.77. The number of likely N-dealkylation sites (N-methyl/N-ethyl adjacent to an activating group) is 1. The van der Waals surface area contributed by atoms with Crippen molar-refractivity contribution in [3.05, 3.63) is 30.5 Å². The number of nitrogens with one attached hydrogen (secondary N) is 1. The highest BCUT2D eigenvalue weighted by molar-refractivity contribution is 7.99. The van der Waals surface area contributed by atoms with Crippen LogP contribution in [-0.2, 0) is 0 Å². The Morgan fingerprint density at radius 3 is 3.19 bits per heavy atom. The maximum atomic E-state index is 10.2. The lowest BCUT2D eigenvalue weighted by atomic mass is 10.2. The summed E-state index contributed by atoms with van der Waals surface area (Å²) in [7, 11) is 2.09. The molecule has 0 amide bonds. The third-order valence-electron chi connectivity index (χ3n) is 4.01. The molecule has 1 saturated heterocycles. The van der Waals surface area contributed by atoms with Crippen molar-refractivity contribution in [1.29, 1.82) is 0 Å². The molecule has 21 heavy (non-hydrogen) atoms. The number of hydrogen-bond acceptors (Lipinski definition) is 4. The molecule has 114 valence electrons. The third-order valence-corrected chi connectivity index (χ3v) is 5.16. The van der Waals surface area contributed by atoms with Gasteiger partial charge in [0.25, 0.3) is 0 Å². The van der Waals surface area contributed by atoms with Crippen molar-refractivity contribution >= 4 is 22.7 Å². The van der Waals surface area contributed by atoms with Crippen molar-refractivity contribution in [2.45, 2.75) is 18.6 Å². The summed E-state index contributed by atoms with van der Waals surface area (Å²) >= 11 is 1.99. The van der Waals surface area contributed by atoms with Gasteiger partial charge in [-0.1, -0.05) is 6.07 Å². The van der Waals surface area contributed by atoms with Gasteiger partial charge < -0.3 is 14.8 Å². The number of hydrogen-bond donors (Lipinski definition) is 2. The Morgan fingerprint density at radius 1 is 1.48 bits per heavy atom. The standard InChI is InChI=1S/C16H22N2O2S/c1-18(12-6-8-21-11-12)9-13(19)10-20-16-4-2-3-15-14(16)5-7-17-15/h2-5,7,12-13,17,19H,6,8-11H2,1H3. The van der Waals surface area contributed by atoms with Gasteiger partial charge in [0.05, 0.1) is 0 Å². The van der Waals surface area contributed by atoms with Crippen LogP contribution in [0.25, 0.3) is 10.9 Å². The van der Waals surface area contributed by atoms with Crippen molar-refractivity contribution in [2.75, 3.05) is 31.7 Å². The molecule has 0 spiro atoms. The fraction of sp³-hybridized carbons (Fsp3) is 0.500. The average Bonchev–Trinajstić information content (AvgIpc) is 3.15. The number of H-pyrrole nitrogens is 1. The summed E-state index contributed by atoms with van der Waals surface area (Å²) in [5.41, 5.74) is 1.06. The number of benzene rings is 1. The minimum atomic E-state index is -0.463. The van der Waals surface area contributed by atoms with Crippen LogP contribution >= 0.6 is 11.8 Å². The summed E-state index contributed by atoms with van der Waals surface area (Å²) in [5.74, 6) is 3.23. The number of ether oxygens (including phenoxy) is 1. The minimum Gasteiger partial charge on any atom is -0.490 e. The van der Waals surface area contributed by atoms with Gasteiger partial charge in [0, 0.05) is 35.4 Å². The van der Waals surface area contributed by atoms with E-state index < -0.39 is 6.10 Å². The van der Waals surface area contributed by atoms with Crippen molar-refractivity contribution in [3.63, 3.8) is 0 Å². The SMILES string of the molecule is CN(CC(O)COc1cccc2[nH]ccc12)C1CCSC1. The molecule has 2 aromatic rings. The van der Waals surface area contributed by atoms with Crippen LogP contribution in [0, 0.1) is 0 Å². The van der Waals surface area contributed by atoms with E-state index in [-0.39, 0.29) is 0 Å². The molecule has 5 heteroatoms. The average molecular weight is 306 g/mol. The number of thioether (sulfide) groups is 1. The number of aliphatic hydroxyl groups excluding tert-OH is 1. The molecule has 2 atom stereocenters. The predicted molar refractivity (Wildman–Crippen MR) is 88.2 cm³/mol. The summed E-state index contributed by atoms with van der Waals surface area (Å²) in [4.78, 5) is 5.42. The molecule has 2 heterocycles. The van der Waals surface area contributed by atoms with E-state index in [1.165, 1.54) is 17.9 Å². The Bertz CT molecular complexity index is 580. The zero-order valence-electron chi connectivity index (χ0n) is 12.3. The number of aliphatic hydroxyl groups is 1. The van der Waals surface area contributed by atoms with Crippen LogP contribution in [0.1, 0.15) is 6.42 Å². The number of fused-ring (bicyclic) bond motifs is 1. The first kappa shape index (κ1) is 14.8. The summed E-state index contributed by atoms with van der Waals surface area (Å²) in [6.07, 6.45) is 2.66. The lowest BCUT2D eigenvalue weighted by molar-refractivity contribution is 0.0670. The Labute approximate surface area is 129 Å². The van der Waals surface area contributed by atoms with E-state index in [4.69, 9.17) is 4.74 Å². The molecule has 3 rings (SSSR count). The van der Waals surface area contributed by atoms with Crippen LogP contribution in [0.2, 0.25) is 0 Å². The molecule has 0 aliphatic carbocycles. The highest BCUT2D eigenvalue weighted by atomic mass is 32.2. The zero-order valence-corrected chi connectivity index (χ0v) is 13.1. The molecular formula is C16H22N2O2S. The summed E-state index contributed by atoms with van der Waals surface area (Å²) in [6.45, 7) is 0.989. The van der Waals surface area contributed by atoms with E-state index in [1.807, 2.05) is 42.2 Å². The molecular weight excluding hydrogens is 284 g/mol. The first-order chi connectivity index (χ1) is 10.2. The molecule has 2 N–H and O–H groups in total. The van der Waals surface area contributed by atoms with E-state index in [1.54, 1.807) is 0 Å². The number of nitrogens with zero attached hydrogens (tertiary/aromatic N) is 1. The van der Waals surface area contributed by atoms with Crippen LogP contribution in [0.4, 0.5) is 0 Å². The smallest absolute Gasteiger partial charge is 0.128 e. The maximum Gasteiger partial charge on any atom is 0.128 e. The Morgan fingerprint density at radius 2 is 2.38 bits per heavy atom. The van der Waals surface area contributed by atoms with Crippen molar-refractivity contribution in [3.8, 4) is 5.75 Å². The maximum absolute atomic E-state index is 10.2. The molecule has 4 nitrogen and oxygen atoms in total. The van der Waals surface area contributed by atoms with E-state index in [0.717, 1.165) is 16.7 Å². The Hall–Kier alpha value is -1.17. The van der Waals surface area contributed by atoms with Crippen LogP contribution in [0.15, 0.2) is 30.5 Å². The van der Waals surface area contributed by atoms with Gasteiger partial charge in [0.15, 0.2) is 0 Å². The molecule has 1 aromatic heterocycles. The fourth-order valence-electron chi connectivity index (χ4n) is 2.77. The summed E-state index contributed by atoms with van der Waals surface area (Å²) in [5, 5.41) is 11.2. The summed E-state index contributed by atoms with van der Waals surface area (Å²) in [6, 6.07) is 8.52. The van der Waals surface area contributed by atoms with Crippen LogP contribution < -0.4 is 4.74 Å². The predicted octanol–water partition coefficient (Wildman–Crippen LogP) is 2.34. The quantitative estimate of drug-likeness (QED) is 0.860. The number of aromatic nitrogens is 1. The van der Waals surface area contributed by atoms with E-state index >= 15 is 0 Å². The normalized spacial score (nSPS) is 20.2. The topological polar surface area (TPSA) is 48.5 Å². The zero-order chi connectivity index (χ0) is 14.7. The van der Waals surface area contributed by atoms with Gasteiger partial charge in [-0.15, -0.1) is 0 Å². The number of aromatic amines is 1. The van der Waals surface area contributed by atoms with Gasteiger partial charge >= 0.3 is 0 Å². The van der Waals surface area contributed by atoms with Crippen LogP contribution in [0.5, 0.6) is 5.75 Å². The highest BCUT2D eigenvalue weighted by Crippen LogP contribution is 2.25. The van der Waals surface area contributed by atoms with E-state index in [9.17, 15) is 5.11 Å². The van der Waals surface area contributed by atoms with Gasteiger partial charge in [-0.3, -0.25) is 4.90 Å². The van der Waals surface area contributed by atoms with Crippen molar-refractivity contribution < 1.29 is 9.84 Å². The molecule has 0 bridgehead atoms. The Kier molecular flexibility index (Phi) is 4.73. The second-order valence-electron chi connectivity index (χ2n) is 5.62. The molecule has 1 aliphatic rings. The first-order valence-corrected chi connectivity index (χ1v) is 8.54. The fourth-order valence-corrected chi connectivity index (χ4v) is 4.07. The largest absolute Gasteiger partial charge is 0.490 e. The van der Waals surface area contributed by atoms with Gasteiger partial charge in [0.2, 0.25) is 0 Å². The van der Waals surface area contributed by atoms with Crippen LogP contribution in [-0.4, -0.2) is 58.8 Å². The lowest BCUT2D eigenvalue weighted by Crippen LogP contribution is -2.39. The first-order valence-electron chi connectivity index (χ1n) is 7.39. The Balaban J connectivity index is 1.53. The van der Waals surface area contributed by atoms with Gasteiger partial charge in [0.1, 0.15) is 18.5 Å². The van der Waals surface area contributed by atoms with Gasteiger partial charge in [-0.2, -0.15) is 11.8 Å². The molecule has 0 saturated carbocycles. The monoisotopic (exact) mass is 306 g/mol. The van der Waals surface area contributed by atoms with E-state index in [2.05, 4.69) is 16.9 Å². The molecule has 1 aromatic carbocycles. The van der Waals surface area contributed by atoms with Crippen molar-refractivity contribution in [1.82, 2.24) is 9.88 Å². The summed E-state index contributed by atoms with van der Waals surface area (Å²) < 4.78 is 5.80. The second kappa shape index (κ2) is 6.73.